The Balaban J connectivity index is 2.50. The van der Waals surface area contributed by atoms with Crippen LogP contribution in [0.3, 0.4) is 0 Å². The summed E-state index contributed by atoms with van der Waals surface area (Å²) in [6.45, 7) is 3.65. The molecule has 0 aliphatic heterocycles. The van der Waals surface area contributed by atoms with Crippen LogP contribution in [0.4, 0.5) is 0 Å². The van der Waals surface area contributed by atoms with Gasteiger partial charge in [-0.3, -0.25) is 14.3 Å². The van der Waals surface area contributed by atoms with Gasteiger partial charge in [0.1, 0.15) is 0 Å². The third kappa shape index (κ3) is 2.20. The van der Waals surface area contributed by atoms with E-state index in [1.54, 1.807) is 0 Å². The van der Waals surface area contributed by atoms with Gasteiger partial charge in [-0.1, -0.05) is 29.8 Å². The minimum Gasteiger partial charge on any atom is -0.494 e. The first-order chi connectivity index (χ1) is 8.49. The Morgan fingerprint density at radius 3 is 2.67 bits per heavy atom. The molecular weight excluding hydrogens is 232 g/mol. The van der Waals surface area contributed by atoms with Crippen molar-refractivity contribution in [3.63, 3.8) is 0 Å². The molecule has 0 radical (unpaired) electrons. The molecule has 1 aromatic carbocycles. The molecule has 2 N–H and O–H groups in total. The lowest BCUT2D eigenvalue weighted by molar-refractivity contribution is 0.404. The first-order valence-corrected chi connectivity index (χ1v) is 5.57. The number of aromatic amines is 1. The minimum absolute atomic E-state index is 0.141. The van der Waals surface area contributed by atoms with Crippen LogP contribution in [-0.4, -0.2) is 14.7 Å². The van der Waals surface area contributed by atoms with E-state index in [0.717, 1.165) is 15.7 Å². The molecule has 0 aliphatic carbocycles. The fourth-order valence-corrected chi connectivity index (χ4v) is 1.80. The highest BCUT2D eigenvalue weighted by atomic mass is 16.3. The van der Waals surface area contributed by atoms with Crippen molar-refractivity contribution >= 4 is 0 Å². The second kappa shape index (κ2) is 4.52. The highest BCUT2D eigenvalue weighted by Gasteiger charge is 2.10. The molecule has 5 heteroatoms. The van der Waals surface area contributed by atoms with Crippen LogP contribution in [0.2, 0.25) is 0 Å². The van der Waals surface area contributed by atoms with Gasteiger partial charge in [-0.2, -0.15) is 0 Å². The van der Waals surface area contributed by atoms with E-state index in [4.69, 9.17) is 0 Å². The third-order valence-electron chi connectivity index (χ3n) is 2.82. The van der Waals surface area contributed by atoms with Crippen molar-refractivity contribution in [1.82, 2.24) is 9.55 Å². The number of benzene rings is 1. The average molecular weight is 246 g/mol. The van der Waals surface area contributed by atoms with E-state index in [0.29, 0.717) is 0 Å². The molecule has 2 rings (SSSR count). The lowest BCUT2D eigenvalue weighted by atomic mass is 10.1. The second-order valence-corrected chi connectivity index (χ2v) is 4.28. The summed E-state index contributed by atoms with van der Waals surface area (Å²) in [5, 5.41) is 9.83. The number of aromatic hydroxyl groups is 1. The standard InChI is InChI=1S/C13H14N2O3/c1-8-4-3-5-10(6-8)7-15-12(17)9(2)11(16)14-13(15)18/h3-6,17H,7H2,1-2H3,(H,14,16,18). The molecule has 1 heterocycles. The largest absolute Gasteiger partial charge is 0.494 e. The van der Waals surface area contributed by atoms with E-state index in [1.807, 2.05) is 31.2 Å². The smallest absolute Gasteiger partial charge is 0.331 e. The Labute approximate surface area is 103 Å². The van der Waals surface area contributed by atoms with Crippen LogP contribution >= 0.6 is 0 Å². The number of hydrogen-bond donors (Lipinski definition) is 2. The number of rotatable bonds is 2. The molecule has 0 bridgehead atoms. The highest BCUT2D eigenvalue weighted by molar-refractivity contribution is 5.25. The summed E-state index contributed by atoms with van der Waals surface area (Å²) < 4.78 is 1.14. The maximum absolute atomic E-state index is 11.6. The zero-order chi connectivity index (χ0) is 13.3. The SMILES string of the molecule is Cc1cccc(Cn2c(O)c(C)c(=O)[nH]c2=O)c1. The Morgan fingerprint density at radius 1 is 1.28 bits per heavy atom. The second-order valence-electron chi connectivity index (χ2n) is 4.28. The van der Waals surface area contributed by atoms with Gasteiger partial charge >= 0.3 is 5.69 Å². The van der Waals surface area contributed by atoms with E-state index in [1.165, 1.54) is 6.92 Å². The molecule has 0 amide bonds. The summed E-state index contributed by atoms with van der Waals surface area (Å²) in [6, 6.07) is 7.61. The summed E-state index contributed by atoms with van der Waals surface area (Å²) in [7, 11) is 0. The van der Waals surface area contributed by atoms with Crippen LogP contribution in [0, 0.1) is 13.8 Å². The number of aryl methyl sites for hydroxylation is 1. The van der Waals surface area contributed by atoms with Gasteiger partial charge in [0.05, 0.1) is 12.1 Å². The molecule has 5 nitrogen and oxygen atoms in total. The molecule has 0 saturated carbocycles. The lowest BCUT2D eigenvalue weighted by Gasteiger charge is -2.09. The fraction of sp³-hybridized carbons (Fsp3) is 0.231. The number of hydrogen-bond acceptors (Lipinski definition) is 3. The fourth-order valence-electron chi connectivity index (χ4n) is 1.80. The summed E-state index contributed by atoms with van der Waals surface area (Å²) in [5.41, 5.74) is 0.935. The van der Waals surface area contributed by atoms with Crippen molar-refractivity contribution in [2.45, 2.75) is 20.4 Å². The average Bonchev–Trinajstić information content (AvgIpc) is 2.32. The number of nitrogens with zero attached hydrogens (tertiary/aromatic N) is 1. The van der Waals surface area contributed by atoms with Gasteiger partial charge in [0.2, 0.25) is 5.88 Å². The van der Waals surface area contributed by atoms with Gasteiger partial charge in [-0.05, 0) is 19.4 Å². The molecule has 18 heavy (non-hydrogen) atoms. The highest BCUT2D eigenvalue weighted by Crippen LogP contribution is 2.11. The molecule has 94 valence electrons. The Bertz CT molecular complexity index is 698. The minimum atomic E-state index is -0.607. The van der Waals surface area contributed by atoms with Crippen molar-refractivity contribution in [1.29, 1.82) is 0 Å². The van der Waals surface area contributed by atoms with E-state index >= 15 is 0 Å². The number of nitrogens with one attached hydrogen (secondary N) is 1. The summed E-state index contributed by atoms with van der Waals surface area (Å²) in [5.74, 6) is -0.287. The van der Waals surface area contributed by atoms with Gasteiger partial charge in [0, 0.05) is 0 Å². The van der Waals surface area contributed by atoms with Gasteiger partial charge in [-0.25, -0.2) is 4.79 Å². The monoisotopic (exact) mass is 246 g/mol. The van der Waals surface area contributed by atoms with Crippen molar-refractivity contribution in [3.8, 4) is 5.88 Å². The molecule has 0 aliphatic rings. The first kappa shape index (κ1) is 12.2. The van der Waals surface area contributed by atoms with Gasteiger partial charge in [-0.15, -0.1) is 0 Å². The van der Waals surface area contributed by atoms with E-state index in [9.17, 15) is 14.7 Å². The van der Waals surface area contributed by atoms with E-state index < -0.39 is 11.2 Å². The molecular formula is C13H14N2O3. The van der Waals surface area contributed by atoms with Gasteiger partial charge in [0.15, 0.2) is 0 Å². The lowest BCUT2D eigenvalue weighted by Crippen LogP contribution is -2.31. The molecule has 1 aromatic heterocycles. The summed E-state index contributed by atoms with van der Waals surface area (Å²) >= 11 is 0. The van der Waals surface area contributed by atoms with Gasteiger partial charge in [0.25, 0.3) is 5.56 Å². The zero-order valence-corrected chi connectivity index (χ0v) is 10.2. The topological polar surface area (TPSA) is 75.1 Å². The maximum Gasteiger partial charge on any atom is 0.331 e. The predicted molar refractivity (Wildman–Crippen MR) is 68.0 cm³/mol. The maximum atomic E-state index is 11.6. The first-order valence-electron chi connectivity index (χ1n) is 5.57. The van der Waals surface area contributed by atoms with Crippen LogP contribution < -0.4 is 11.2 Å². The quantitative estimate of drug-likeness (QED) is 0.827. The summed E-state index contributed by atoms with van der Waals surface area (Å²) in [6.07, 6.45) is 0. The molecule has 0 saturated heterocycles. The normalized spacial score (nSPS) is 10.6. The third-order valence-corrected chi connectivity index (χ3v) is 2.82. The van der Waals surface area contributed by atoms with Crippen LogP contribution in [0.1, 0.15) is 16.7 Å². The van der Waals surface area contributed by atoms with Crippen molar-refractivity contribution in [2.75, 3.05) is 0 Å². The Hall–Kier alpha value is -2.30. The predicted octanol–water partition coefficient (Wildman–Crippen LogP) is 0.907. The Morgan fingerprint density at radius 2 is 2.00 bits per heavy atom. The number of aromatic nitrogens is 2. The van der Waals surface area contributed by atoms with Crippen LogP contribution in [0.15, 0.2) is 33.9 Å². The van der Waals surface area contributed by atoms with Crippen LogP contribution in [0.25, 0.3) is 0 Å². The molecule has 0 atom stereocenters. The number of H-pyrrole nitrogens is 1. The van der Waals surface area contributed by atoms with Crippen molar-refractivity contribution < 1.29 is 5.11 Å². The molecule has 0 spiro atoms. The van der Waals surface area contributed by atoms with Crippen LogP contribution in [0.5, 0.6) is 5.88 Å². The zero-order valence-electron chi connectivity index (χ0n) is 10.2. The molecule has 2 aromatic rings. The van der Waals surface area contributed by atoms with E-state index in [2.05, 4.69) is 4.98 Å². The van der Waals surface area contributed by atoms with E-state index in [-0.39, 0.29) is 18.0 Å². The van der Waals surface area contributed by atoms with Crippen LogP contribution in [-0.2, 0) is 6.54 Å². The molecule has 0 fully saturated rings. The van der Waals surface area contributed by atoms with Crippen molar-refractivity contribution in [2.24, 2.45) is 0 Å². The molecule has 0 unspecified atom stereocenters. The van der Waals surface area contributed by atoms with Crippen molar-refractivity contribution in [3.05, 3.63) is 61.8 Å². The van der Waals surface area contributed by atoms with Gasteiger partial charge < -0.3 is 5.11 Å². The summed E-state index contributed by atoms with van der Waals surface area (Å²) in [4.78, 5) is 25.1. The Kier molecular flexibility index (Phi) is 3.06.